The van der Waals surface area contributed by atoms with Gasteiger partial charge in [-0.05, 0) is 107 Å². The molecule has 1 saturated heterocycles. The number of rotatable bonds is 11. The second-order valence-corrected chi connectivity index (χ2v) is 13.9. The molecule has 10 heteroatoms. The number of carbonyl (C=O) groups is 4. The molecule has 0 aromatic rings. The molecule has 1 N–H and O–H groups in total. The van der Waals surface area contributed by atoms with Gasteiger partial charge < -0.3 is 29.2 Å². The van der Waals surface area contributed by atoms with Crippen LogP contribution in [0.2, 0.25) is 0 Å². The first kappa shape index (κ1) is 32.9. The van der Waals surface area contributed by atoms with Crippen LogP contribution in [0, 0.1) is 29.1 Å². The van der Waals surface area contributed by atoms with E-state index in [0.717, 1.165) is 64.2 Å². The Labute approximate surface area is 255 Å². The number of likely N-dealkylation sites (tertiary alicyclic amines) is 1. The highest BCUT2D eigenvalue weighted by Gasteiger charge is 2.56. The first-order chi connectivity index (χ1) is 20.5. The molecular weight excluding hydrogens is 552 g/mol. The summed E-state index contributed by atoms with van der Waals surface area (Å²) in [6, 6.07) is -0.0743. The van der Waals surface area contributed by atoms with Crippen molar-refractivity contribution < 1.29 is 38.1 Å². The van der Waals surface area contributed by atoms with Crippen LogP contribution in [-0.2, 0) is 28.5 Å². The Morgan fingerprint density at radius 2 is 1.16 bits per heavy atom. The van der Waals surface area contributed by atoms with Crippen molar-refractivity contribution in [3.05, 3.63) is 25.3 Å². The number of hydrogen-bond acceptors (Lipinski definition) is 8. The first-order valence-electron chi connectivity index (χ1n) is 16.0. The topological polar surface area (TPSA) is 120 Å². The van der Waals surface area contributed by atoms with Crippen LogP contribution in [0.15, 0.2) is 25.3 Å². The van der Waals surface area contributed by atoms with Crippen LogP contribution in [0.1, 0.15) is 84.5 Å². The van der Waals surface area contributed by atoms with Crippen molar-refractivity contribution in [2.75, 3.05) is 33.0 Å². The fourth-order valence-electron chi connectivity index (χ4n) is 7.86. The highest BCUT2D eigenvalue weighted by atomic mass is 16.6. The maximum absolute atomic E-state index is 13.3. The predicted octanol–water partition coefficient (Wildman–Crippen LogP) is 5.55. The van der Waals surface area contributed by atoms with Gasteiger partial charge in [0.05, 0.1) is 26.4 Å². The SMILES string of the molecule is C=CC(=O)OCC1CCC(COC(=O)NC2CC3(C)CN(C(=O)OCC4CCC(COC(=O)C=C)CC4)[C@@](C)(C2)C3)CC1. The Bertz CT molecular complexity index is 1030. The second-order valence-electron chi connectivity index (χ2n) is 13.9. The Kier molecular flexibility index (Phi) is 11.2. The number of carbonyl (C=O) groups excluding carboxylic acids is 4. The molecule has 3 saturated carbocycles. The number of esters is 2. The molecule has 3 aliphatic carbocycles. The summed E-state index contributed by atoms with van der Waals surface area (Å²) in [4.78, 5) is 50.5. The maximum atomic E-state index is 13.3. The Morgan fingerprint density at radius 3 is 1.63 bits per heavy atom. The fourth-order valence-corrected chi connectivity index (χ4v) is 7.86. The third-order valence-corrected chi connectivity index (χ3v) is 10.0. The van der Waals surface area contributed by atoms with Crippen molar-refractivity contribution in [3.8, 4) is 0 Å². The minimum atomic E-state index is -0.399. The first-order valence-corrected chi connectivity index (χ1v) is 16.0. The molecule has 1 aliphatic heterocycles. The van der Waals surface area contributed by atoms with Gasteiger partial charge in [-0.2, -0.15) is 0 Å². The van der Waals surface area contributed by atoms with E-state index < -0.39 is 6.09 Å². The van der Waals surface area contributed by atoms with Gasteiger partial charge in [0, 0.05) is 30.3 Å². The molecule has 0 aromatic heterocycles. The van der Waals surface area contributed by atoms with E-state index >= 15 is 0 Å². The lowest BCUT2D eigenvalue weighted by Crippen LogP contribution is -2.51. The number of alkyl carbamates (subject to hydrolysis) is 1. The number of hydrogen-bond donors (Lipinski definition) is 1. The highest BCUT2D eigenvalue weighted by Crippen LogP contribution is 2.51. The van der Waals surface area contributed by atoms with E-state index in [9.17, 15) is 19.2 Å². The van der Waals surface area contributed by atoms with Gasteiger partial charge >= 0.3 is 24.1 Å². The number of fused-ring (bicyclic) bond motifs is 2. The molecule has 2 unspecified atom stereocenters. The van der Waals surface area contributed by atoms with Crippen molar-refractivity contribution in [2.45, 2.75) is 96.1 Å². The molecule has 4 rings (SSSR count). The summed E-state index contributed by atoms with van der Waals surface area (Å²) in [6.07, 6.45) is 11.6. The average molecular weight is 603 g/mol. The smallest absolute Gasteiger partial charge is 0.410 e. The average Bonchev–Trinajstić information content (AvgIpc) is 3.20. The Morgan fingerprint density at radius 1 is 0.721 bits per heavy atom. The molecule has 240 valence electrons. The Hall–Kier alpha value is -3.04. The molecular formula is C33H50N2O8. The number of nitrogens with zero attached hydrogens (tertiary/aromatic N) is 1. The van der Waals surface area contributed by atoms with Crippen LogP contribution in [0.25, 0.3) is 0 Å². The molecule has 0 spiro atoms. The lowest BCUT2D eigenvalue weighted by atomic mass is 9.70. The van der Waals surface area contributed by atoms with Gasteiger partial charge in [0.2, 0.25) is 0 Å². The molecule has 10 nitrogen and oxygen atoms in total. The zero-order valence-electron chi connectivity index (χ0n) is 26.0. The van der Waals surface area contributed by atoms with Crippen molar-refractivity contribution in [1.29, 1.82) is 0 Å². The van der Waals surface area contributed by atoms with Gasteiger partial charge in [-0.3, -0.25) is 0 Å². The van der Waals surface area contributed by atoms with Gasteiger partial charge in [0.15, 0.2) is 0 Å². The van der Waals surface area contributed by atoms with Crippen LogP contribution < -0.4 is 5.32 Å². The van der Waals surface area contributed by atoms with Crippen LogP contribution in [0.3, 0.4) is 0 Å². The summed E-state index contributed by atoms with van der Waals surface area (Å²) < 4.78 is 21.8. The van der Waals surface area contributed by atoms with E-state index in [1.54, 1.807) is 0 Å². The zero-order valence-corrected chi connectivity index (χ0v) is 26.0. The predicted molar refractivity (Wildman–Crippen MR) is 160 cm³/mol. The van der Waals surface area contributed by atoms with Crippen LogP contribution in [0.5, 0.6) is 0 Å². The molecule has 0 radical (unpaired) electrons. The number of nitrogens with one attached hydrogen (secondary N) is 1. The van der Waals surface area contributed by atoms with Gasteiger partial charge in [-0.15, -0.1) is 0 Å². The van der Waals surface area contributed by atoms with Gasteiger partial charge in [0.25, 0.3) is 0 Å². The van der Waals surface area contributed by atoms with Crippen molar-refractivity contribution in [1.82, 2.24) is 10.2 Å². The summed E-state index contributed by atoms with van der Waals surface area (Å²) in [5, 5.41) is 3.08. The molecule has 0 aromatic carbocycles. The van der Waals surface area contributed by atoms with Crippen molar-refractivity contribution in [3.63, 3.8) is 0 Å². The Balaban J connectivity index is 1.16. The van der Waals surface area contributed by atoms with E-state index in [4.69, 9.17) is 18.9 Å². The second kappa shape index (κ2) is 14.6. The number of ether oxygens (including phenoxy) is 4. The molecule has 43 heavy (non-hydrogen) atoms. The lowest BCUT2D eigenvalue weighted by molar-refractivity contribution is -0.140. The van der Waals surface area contributed by atoms with E-state index in [1.807, 2.05) is 4.90 Å². The summed E-state index contributed by atoms with van der Waals surface area (Å²) >= 11 is 0. The van der Waals surface area contributed by atoms with E-state index in [1.165, 1.54) is 12.2 Å². The molecule has 1 heterocycles. The lowest BCUT2D eigenvalue weighted by Gasteiger charge is -2.41. The van der Waals surface area contributed by atoms with Crippen LogP contribution in [-0.4, -0.2) is 73.6 Å². The molecule has 2 amide bonds. The van der Waals surface area contributed by atoms with Gasteiger partial charge in [0.1, 0.15) is 0 Å². The minimum absolute atomic E-state index is 0.0743. The monoisotopic (exact) mass is 602 g/mol. The minimum Gasteiger partial charge on any atom is -0.462 e. The zero-order chi connectivity index (χ0) is 31.0. The summed E-state index contributed by atoms with van der Waals surface area (Å²) in [6.45, 7) is 13.4. The summed E-state index contributed by atoms with van der Waals surface area (Å²) in [5.74, 6) is 0.544. The molecule has 4 fully saturated rings. The third-order valence-electron chi connectivity index (χ3n) is 10.0. The summed E-state index contributed by atoms with van der Waals surface area (Å²) in [5.41, 5.74) is -0.486. The largest absolute Gasteiger partial charge is 0.462 e. The van der Waals surface area contributed by atoms with Crippen LogP contribution in [0.4, 0.5) is 9.59 Å². The molecule has 3 atom stereocenters. The van der Waals surface area contributed by atoms with Crippen molar-refractivity contribution >= 4 is 24.1 Å². The van der Waals surface area contributed by atoms with E-state index in [-0.39, 0.29) is 35.0 Å². The van der Waals surface area contributed by atoms with E-state index in [0.29, 0.717) is 63.1 Å². The highest BCUT2D eigenvalue weighted by molar-refractivity contribution is 5.81. The molecule has 4 aliphatic rings. The van der Waals surface area contributed by atoms with Crippen molar-refractivity contribution in [2.24, 2.45) is 29.1 Å². The van der Waals surface area contributed by atoms with Gasteiger partial charge in [-0.25, -0.2) is 19.2 Å². The quantitative estimate of drug-likeness (QED) is 0.186. The maximum Gasteiger partial charge on any atom is 0.410 e. The summed E-state index contributed by atoms with van der Waals surface area (Å²) in [7, 11) is 0. The van der Waals surface area contributed by atoms with E-state index in [2.05, 4.69) is 32.3 Å². The van der Waals surface area contributed by atoms with Gasteiger partial charge in [-0.1, -0.05) is 20.1 Å². The molecule has 2 bridgehead atoms. The third kappa shape index (κ3) is 9.22. The standard InChI is InChI=1S/C33H50N2O8/c1-5-28(36)40-17-23-7-11-25(12-8-23)19-42-30(38)34-27-15-32(3)21-33(4,16-27)35(22-32)31(39)43-20-26-13-9-24(10-14-26)18-41-29(37)6-2/h5-6,23-27H,1-2,7-22H2,3-4H3,(H,34,38)/t23?,24?,25?,26?,27?,32?,33-/m0/s1. The fraction of sp³-hybridized carbons (Fsp3) is 0.758. The normalized spacial score (nSPS) is 33.5. The van der Waals surface area contributed by atoms with Crippen LogP contribution >= 0.6 is 0 Å². The number of amides is 2.